The zero-order valence-electron chi connectivity index (χ0n) is 21.2. The van der Waals surface area contributed by atoms with Crippen LogP contribution in [0.25, 0.3) is 22.6 Å². The summed E-state index contributed by atoms with van der Waals surface area (Å²) in [4.78, 5) is 34.4. The second-order valence-corrected chi connectivity index (χ2v) is 10.0. The van der Waals surface area contributed by atoms with Crippen LogP contribution in [-0.2, 0) is 11.8 Å². The van der Waals surface area contributed by atoms with Gasteiger partial charge >= 0.3 is 0 Å². The van der Waals surface area contributed by atoms with Crippen LogP contribution in [0.5, 0.6) is 11.5 Å². The molecule has 5 rings (SSSR count). The molecule has 2 amide bonds. The summed E-state index contributed by atoms with van der Waals surface area (Å²) in [6.07, 6.45) is 2.94. The maximum Gasteiger partial charge on any atom is 0.260 e. The SMILES string of the molecule is C=CC(=O)N1CCN2C(=O)c3c(-c4c(C(C)C)cnn4C)nc(-c4c(O)cccc4F)c(Cl)c3OCC2C1. The molecule has 0 bridgehead atoms. The number of pyridine rings is 1. The molecule has 198 valence electrons. The van der Waals surface area contributed by atoms with E-state index in [9.17, 15) is 14.7 Å². The van der Waals surface area contributed by atoms with E-state index in [1.54, 1.807) is 27.7 Å². The summed E-state index contributed by atoms with van der Waals surface area (Å²) in [6.45, 7) is 8.45. The molecular weight excluding hydrogens is 513 g/mol. The Morgan fingerprint density at radius 3 is 2.74 bits per heavy atom. The lowest BCUT2D eigenvalue weighted by atomic mass is 9.97. The summed E-state index contributed by atoms with van der Waals surface area (Å²) < 4.78 is 22.8. The summed E-state index contributed by atoms with van der Waals surface area (Å²) in [7, 11) is 1.73. The third-order valence-corrected chi connectivity index (χ3v) is 7.35. The molecule has 1 N–H and O–H groups in total. The first-order valence-electron chi connectivity index (χ1n) is 12.2. The number of phenols is 1. The molecule has 4 heterocycles. The number of hydrogen-bond acceptors (Lipinski definition) is 6. The maximum absolute atomic E-state index is 15.0. The fraction of sp³-hybridized carbons (Fsp3) is 0.333. The number of fused-ring (bicyclic) bond motifs is 2. The molecule has 1 saturated heterocycles. The maximum atomic E-state index is 15.0. The van der Waals surface area contributed by atoms with Gasteiger partial charge in [-0.2, -0.15) is 5.10 Å². The van der Waals surface area contributed by atoms with Gasteiger partial charge in [-0.05, 0) is 24.1 Å². The number of carbonyl (C=O) groups excluding carboxylic acids is 2. The Bertz CT molecular complexity index is 1450. The number of piperazine rings is 1. The third kappa shape index (κ3) is 4.09. The van der Waals surface area contributed by atoms with Gasteiger partial charge in [0, 0.05) is 32.2 Å². The van der Waals surface area contributed by atoms with Gasteiger partial charge in [-0.15, -0.1) is 0 Å². The Morgan fingerprint density at radius 1 is 1.29 bits per heavy atom. The predicted molar refractivity (Wildman–Crippen MR) is 140 cm³/mol. The van der Waals surface area contributed by atoms with Gasteiger partial charge in [-0.3, -0.25) is 14.3 Å². The van der Waals surface area contributed by atoms with E-state index in [0.29, 0.717) is 12.2 Å². The topological polar surface area (TPSA) is 101 Å². The predicted octanol–water partition coefficient (Wildman–Crippen LogP) is 4.00. The highest BCUT2D eigenvalue weighted by Crippen LogP contribution is 2.46. The largest absolute Gasteiger partial charge is 0.507 e. The number of benzene rings is 1. The average Bonchev–Trinajstić information content (AvgIpc) is 3.21. The monoisotopic (exact) mass is 539 g/mol. The number of amides is 2. The number of hydrogen-bond donors (Lipinski definition) is 1. The van der Waals surface area contributed by atoms with Gasteiger partial charge in [0.15, 0.2) is 5.75 Å². The lowest BCUT2D eigenvalue weighted by Gasteiger charge is -2.39. The van der Waals surface area contributed by atoms with Crippen LogP contribution in [0.4, 0.5) is 4.39 Å². The minimum Gasteiger partial charge on any atom is -0.507 e. The van der Waals surface area contributed by atoms with Gasteiger partial charge in [0.25, 0.3) is 5.91 Å². The number of halogens is 2. The average molecular weight is 540 g/mol. The number of aryl methyl sites for hydroxylation is 1. The van der Waals surface area contributed by atoms with E-state index in [1.807, 2.05) is 13.8 Å². The second-order valence-electron chi connectivity index (χ2n) is 9.64. The minimum atomic E-state index is -0.727. The number of rotatable bonds is 4. The fourth-order valence-corrected chi connectivity index (χ4v) is 5.33. The molecule has 11 heteroatoms. The molecule has 0 radical (unpaired) electrons. The number of aromatic nitrogens is 3. The molecule has 9 nitrogen and oxygen atoms in total. The van der Waals surface area contributed by atoms with Gasteiger partial charge < -0.3 is 19.6 Å². The summed E-state index contributed by atoms with van der Waals surface area (Å²) in [5, 5.41) is 14.9. The van der Waals surface area contributed by atoms with E-state index in [1.165, 1.54) is 24.3 Å². The molecule has 3 aromatic rings. The van der Waals surface area contributed by atoms with Crippen molar-refractivity contribution in [3.63, 3.8) is 0 Å². The van der Waals surface area contributed by atoms with Crippen LogP contribution in [0.1, 0.15) is 35.7 Å². The molecule has 1 aromatic carbocycles. The van der Waals surface area contributed by atoms with Crippen LogP contribution >= 0.6 is 11.6 Å². The van der Waals surface area contributed by atoms with E-state index >= 15 is 4.39 Å². The Balaban J connectivity index is 1.76. The van der Waals surface area contributed by atoms with E-state index in [4.69, 9.17) is 21.3 Å². The van der Waals surface area contributed by atoms with E-state index in [0.717, 1.165) is 5.56 Å². The van der Waals surface area contributed by atoms with Crippen molar-refractivity contribution in [1.82, 2.24) is 24.6 Å². The second kappa shape index (κ2) is 9.75. The smallest absolute Gasteiger partial charge is 0.260 e. The van der Waals surface area contributed by atoms with Crippen molar-refractivity contribution in [2.75, 3.05) is 26.2 Å². The van der Waals surface area contributed by atoms with Gasteiger partial charge in [-0.1, -0.05) is 38.1 Å². The van der Waals surface area contributed by atoms with Crippen molar-refractivity contribution in [2.24, 2.45) is 7.05 Å². The number of carbonyl (C=O) groups is 2. The highest BCUT2D eigenvalue weighted by atomic mass is 35.5. The third-order valence-electron chi connectivity index (χ3n) is 7.00. The van der Waals surface area contributed by atoms with Crippen molar-refractivity contribution in [1.29, 1.82) is 0 Å². The molecule has 1 atom stereocenters. The molecule has 2 aliphatic heterocycles. The lowest BCUT2D eigenvalue weighted by Crippen LogP contribution is -2.57. The van der Waals surface area contributed by atoms with Gasteiger partial charge in [0.05, 0.1) is 23.5 Å². The Morgan fingerprint density at radius 2 is 2.05 bits per heavy atom. The first-order valence-corrected chi connectivity index (χ1v) is 12.6. The number of phenolic OH excluding ortho intramolecular Hbond substituents is 1. The Labute approximate surface area is 224 Å². The van der Waals surface area contributed by atoms with Crippen molar-refractivity contribution >= 4 is 23.4 Å². The van der Waals surface area contributed by atoms with Crippen molar-refractivity contribution in [2.45, 2.75) is 25.8 Å². The van der Waals surface area contributed by atoms with Crippen LogP contribution < -0.4 is 4.74 Å². The van der Waals surface area contributed by atoms with E-state index in [-0.39, 0.29) is 76.5 Å². The summed E-state index contributed by atoms with van der Waals surface area (Å²) in [5.41, 5.74) is 1.48. The number of nitrogens with zero attached hydrogens (tertiary/aromatic N) is 5. The summed E-state index contributed by atoms with van der Waals surface area (Å²) in [6, 6.07) is 3.46. The normalized spacial score (nSPS) is 17.1. The van der Waals surface area contributed by atoms with Crippen LogP contribution in [0.3, 0.4) is 0 Å². The summed E-state index contributed by atoms with van der Waals surface area (Å²) >= 11 is 6.78. The molecule has 0 saturated carbocycles. The van der Waals surface area contributed by atoms with E-state index in [2.05, 4.69) is 11.7 Å². The molecule has 2 aliphatic rings. The molecule has 2 aromatic heterocycles. The molecule has 0 aliphatic carbocycles. The van der Waals surface area contributed by atoms with E-state index < -0.39 is 11.9 Å². The Kier molecular flexibility index (Phi) is 6.60. The molecular formula is C27H27ClFN5O4. The standard InChI is InChI=1S/C27H27ClFN5O4/c1-5-19(36)33-9-10-34-15(12-33)13-38-26-21(27(34)37)24(25-16(14(2)3)11-30-32(25)4)31-23(22(26)28)20-17(29)7-6-8-18(20)35/h5-8,11,14-15,35H,1,9-10,12-13H2,2-4H3. The quantitative estimate of drug-likeness (QED) is 0.503. The lowest BCUT2D eigenvalue weighted by molar-refractivity contribution is -0.128. The summed E-state index contributed by atoms with van der Waals surface area (Å²) in [5.74, 6) is -1.59. The fourth-order valence-electron chi connectivity index (χ4n) is 5.04. The highest BCUT2D eigenvalue weighted by molar-refractivity contribution is 6.35. The van der Waals surface area contributed by atoms with Crippen LogP contribution in [0, 0.1) is 5.82 Å². The van der Waals surface area contributed by atoms with Crippen molar-refractivity contribution < 1.29 is 23.8 Å². The first kappa shape index (κ1) is 25.7. The highest BCUT2D eigenvalue weighted by Gasteiger charge is 2.41. The molecule has 1 unspecified atom stereocenters. The van der Waals surface area contributed by atoms with Gasteiger partial charge in [0.2, 0.25) is 5.91 Å². The molecule has 38 heavy (non-hydrogen) atoms. The van der Waals surface area contributed by atoms with Crippen LogP contribution in [0.15, 0.2) is 37.1 Å². The van der Waals surface area contributed by atoms with Crippen molar-refractivity contribution in [3.05, 3.63) is 59.0 Å². The van der Waals surface area contributed by atoms with Crippen LogP contribution in [0.2, 0.25) is 5.02 Å². The Hall–Kier alpha value is -3.92. The van der Waals surface area contributed by atoms with Crippen LogP contribution in [-0.4, -0.2) is 73.8 Å². The van der Waals surface area contributed by atoms with Gasteiger partial charge in [0.1, 0.15) is 40.1 Å². The van der Waals surface area contributed by atoms with Crippen molar-refractivity contribution in [3.8, 4) is 34.1 Å². The first-order chi connectivity index (χ1) is 18.1. The molecule has 0 spiro atoms. The molecule has 1 fully saturated rings. The van der Waals surface area contributed by atoms with Gasteiger partial charge in [-0.25, -0.2) is 9.37 Å². The number of aromatic hydroxyl groups is 1. The zero-order valence-corrected chi connectivity index (χ0v) is 22.0. The minimum absolute atomic E-state index is 0.0279. The number of ether oxygens (including phenoxy) is 1. The zero-order chi connectivity index (χ0) is 27.3.